The van der Waals surface area contributed by atoms with Crippen molar-refractivity contribution in [2.24, 2.45) is 23.5 Å². The van der Waals surface area contributed by atoms with E-state index in [4.69, 9.17) is 5.73 Å². The molecule has 2 saturated carbocycles. The van der Waals surface area contributed by atoms with Crippen molar-refractivity contribution < 1.29 is 0 Å². The van der Waals surface area contributed by atoms with Crippen molar-refractivity contribution in [3.05, 3.63) is 0 Å². The minimum Gasteiger partial charge on any atom is -0.327 e. The maximum atomic E-state index is 6.38. The van der Waals surface area contributed by atoms with E-state index >= 15 is 0 Å². The Morgan fingerprint density at radius 2 is 1.45 bits per heavy atom. The normalized spacial score (nSPS) is 37.2. The third-order valence-corrected chi connectivity index (χ3v) is 5.90. The number of nitrogens with zero attached hydrogens (tertiary/aromatic N) is 2. The van der Waals surface area contributed by atoms with Crippen molar-refractivity contribution in [1.29, 1.82) is 0 Å². The van der Waals surface area contributed by atoms with Gasteiger partial charge in [-0.3, -0.25) is 0 Å². The van der Waals surface area contributed by atoms with E-state index in [1.165, 1.54) is 77.8 Å². The van der Waals surface area contributed by atoms with Crippen molar-refractivity contribution in [2.45, 2.75) is 51.5 Å². The summed E-state index contributed by atoms with van der Waals surface area (Å²) in [6, 6.07) is 0.460. The molecule has 3 unspecified atom stereocenters. The van der Waals surface area contributed by atoms with Gasteiger partial charge in [-0.2, -0.15) is 0 Å². The molecule has 3 nitrogen and oxygen atoms in total. The summed E-state index contributed by atoms with van der Waals surface area (Å²) in [5.41, 5.74) is 6.38. The third-order valence-electron chi connectivity index (χ3n) is 5.90. The average molecular weight is 279 g/mol. The quantitative estimate of drug-likeness (QED) is 0.837. The minimum atomic E-state index is 0.460. The number of nitrogens with two attached hydrogens (primary N) is 1. The Labute approximate surface area is 124 Å². The second kappa shape index (κ2) is 6.76. The zero-order valence-electron chi connectivity index (χ0n) is 13.3. The summed E-state index contributed by atoms with van der Waals surface area (Å²) in [4.78, 5) is 5.37. The van der Waals surface area contributed by atoms with Gasteiger partial charge in [-0.25, -0.2) is 0 Å². The first-order valence-corrected chi connectivity index (χ1v) is 8.95. The van der Waals surface area contributed by atoms with Gasteiger partial charge in [0, 0.05) is 45.3 Å². The van der Waals surface area contributed by atoms with E-state index in [0.717, 1.165) is 17.8 Å². The van der Waals surface area contributed by atoms with Gasteiger partial charge in [0.15, 0.2) is 0 Å². The highest BCUT2D eigenvalue weighted by Crippen LogP contribution is 2.32. The maximum absolute atomic E-state index is 6.38. The molecule has 3 rings (SSSR count). The molecular formula is C17H33N3. The van der Waals surface area contributed by atoms with Gasteiger partial charge >= 0.3 is 0 Å². The Kier molecular flexibility index (Phi) is 5.00. The van der Waals surface area contributed by atoms with Crippen LogP contribution in [0.5, 0.6) is 0 Å². The molecule has 2 aliphatic carbocycles. The number of hydrogen-bond donors (Lipinski definition) is 1. The van der Waals surface area contributed by atoms with Crippen LogP contribution in [0.15, 0.2) is 0 Å². The van der Waals surface area contributed by atoms with E-state index in [-0.39, 0.29) is 0 Å². The molecule has 0 spiro atoms. The Balaban J connectivity index is 1.41. The van der Waals surface area contributed by atoms with Crippen LogP contribution in [0.1, 0.15) is 45.4 Å². The van der Waals surface area contributed by atoms with Crippen LogP contribution in [0, 0.1) is 17.8 Å². The summed E-state index contributed by atoms with van der Waals surface area (Å²) in [7, 11) is 0. The van der Waals surface area contributed by atoms with Crippen LogP contribution >= 0.6 is 0 Å². The first-order chi connectivity index (χ1) is 9.74. The van der Waals surface area contributed by atoms with Gasteiger partial charge in [0.2, 0.25) is 0 Å². The molecule has 0 amide bonds. The molecule has 20 heavy (non-hydrogen) atoms. The topological polar surface area (TPSA) is 32.5 Å². The van der Waals surface area contributed by atoms with Gasteiger partial charge < -0.3 is 15.5 Å². The van der Waals surface area contributed by atoms with Crippen LogP contribution < -0.4 is 5.73 Å². The van der Waals surface area contributed by atoms with Crippen molar-refractivity contribution >= 4 is 0 Å². The number of rotatable bonds is 5. The molecule has 0 aromatic carbocycles. The fraction of sp³-hybridized carbons (Fsp3) is 1.00. The van der Waals surface area contributed by atoms with Crippen LogP contribution in [0.3, 0.4) is 0 Å². The number of hydrogen-bond acceptors (Lipinski definition) is 3. The SMILES string of the molecule is CCC1CCC(N)C(CN2CCN(CC3CC3)CC2)C1. The first-order valence-electron chi connectivity index (χ1n) is 8.95. The molecule has 1 aliphatic heterocycles. The van der Waals surface area contributed by atoms with E-state index in [1.54, 1.807) is 0 Å². The Hall–Kier alpha value is -0.120. The number of piperazine rings is 1. The molecule has 0 aromatic rings. The fourth-order valence-electron chi connectivity index (χ4n) is 4.12. The Bertz CT molecular complexity index is 295. The summed E-state index contributed by atoms with van der Waals surface area (Å²) in [5, 5.41) is 0. The van der Waals surface area contributed by atoms with Gasteiger partial charge in [0.05, 0.1) is 0 Å². The molecule has 3 heteroatoms. The minimum absolute atomic E-state index is 0.460. The summed E-state index contributed by atoms with van der Waals surface area (Å²) in [6.45, 7) is 10.1. The van der Waals surface area contributed by atoms with Crippen LogP contribution in [-0.4, -0.2) is 55.1 Å². The lowest BCUT2D eigenvalue weighted by Crippen LogP contribution is -2.51. The van der Waals surface area contributed by atoms with E-state index in [9.17, 15) is 0 Å². The van der Waals surface area contributed by atoms with E-state index in [2.05, 4.69) is 16.7 Å². The van der Waals surface area contributed by atoms with Crippen molar-refractivity contribution in [3.8, 4) is 0 Å². The summed E-state index contributed by atoms with van der Waals surface area (Å²) in [5.74, 6) is 2.73. The zero-order valence-corrected chi connectivity index (χ0v) is 13.3. The highest BCUT2D eigenvalue weighted by atomic mass is 15.3. The van der Waals surface area contributed by atoms with Crippen molar-refractivity contribution in [1.82, 2.24) is 9.80 Å². The highest BCUT2D eigenvalue weighted by molar-refractivity contribution is 4.86. The van der Waals surface area contributed by atoms with Gasteiger partial charge in [-0.05, 0) is 49.9 Å². The molecule has 1 heterocycles. The standard InChI is InChI=1S/C17H33N3/c1-2-14-5-6-17(18)16(11-14)13-20-9-7-19(8-10-20)12-15-3-4-15/h14-17H,2-13,18H2,1H3. The summed E-state index contributed by atoms with van der Waals surface area (Å²) >= 11 is 0. The van der Waals surface area contributed by atoms with Gasteiger partial charge in [-0.15, -0.1) is 0 Å². The van der Waals surface area contributed by atoms with Gasteiger partial charge in [-0.1, -0.05) is 13.3 Å². The molecule has 2 N–H and O–H groups in total. The van der Waals surface area contributed by atoms with Crippen molar-refractivity contribution in [2.75, 3.05) is 39.3 Å². The van der Waals surface area contributed by atoms with Crippen molar-refractivity contribution in [3.63, 3.8) is 0 Å². The van der Waals surface area contributed by atoms with E-state index in [1.807, 2.05) is 0 Å². The molecule has 1 saturated heterocycles. The highest BCUT2D eigenvalue weighted by Gasteiger charge is 2.31. The second-order valence-electron chi connectivity index (χ2n) is 7.56. The Morgan fingerprint density at radius 3 is 2.05 bits per heavy atom. The van der Waals surface area contributed by atoms with Gasteiger partial charge in [0.1, 0.15) is 0 Å². The monoisotopic (exact) mass is 279 g/mol. The Morgan fingerprint density at radius 1 is 0.850 bits per heavy atom. The first kappa shape index (κ1) is 14.8. The fourth-order valence-corrected chi connectivity index (χ4v) is 4.12. The lowest BCUT2D eigenvalue weighted by atomic mass is 9.77. The predicted molar refractivity (Wildman–Crippen MR) is 84.7 cm³/mol. The van der Waals surface area contributed by atoms with Crippen LogP contribution in [0.25, 0.3) is 0 Å². The second-order valence-corrected chi connectivity index (χ2v) is 7.56. The summed E-state index contributed by atoms with van der Waals surface area (Å²) in [6.07, 6.45) is 8.30. The molecule has 0 radical (unpaired) electrons. The molecule has 3 atom stereocenters. The molecular weight excluding hydrogens is 246 g/mol. The largest absolute Gasteiger partial charge is 0.327 e. The molecule has 3 aliphatic rings. The third kappa shape index (κ3) is 3.96. The lowest BCUT2D eigenvalue weighted by molar-refractivity contribution is 0.0927. The maximum Gasteiger partial charge on any atom is 0.0110 e. The molecule has 116 valence electrons. The lowest BCUT2D eigenvalue weighted by Gasteiger charge is -2.40. The van der Waals surface area contributed by atoms with Crippen LogP contribution in [-0.2, 0) is 0 Å². The van der Waals surface area contributed by atoms with E-state index in [0.29, 0.717) is 6.04 Å². The van der Waals surface area contributed by atoms with Gasteiger partial charge in [0.25, 0.3) is 0 Å². The predicted octanol–water partition coefficient (Wildman–Crippen LogP) is 2.17. The van der Waals surface area contributed by atoms with Crippen LogP contribution in [0.4, 0.5) is 0 Å². The average Bonchev–Trinajstić information content (AvgIpc) is 3.27. The smallest absolute Gasteiger partial charge is 0.0110 e. The zero-order chi connectivity index (χ0) is 13.9. The van der Waals surface area contributed by atoms with Crippen LogP contribution in [0.2, 0.25) is 0 Å². The van der Waals surface area contributed by atoms with E-state index < -0.39 is 0 Å². The molecule has 0 bridgehead atoms. The summed E-state index contributed by atoms with van der Waals surface area (Å²) < 4.78 is 0. The molecule has 3 fully saturated rings. The molecule has 0 aromatic heterocycles.